The Hall–Kier alpha value is -2.70. The first-order valence-electron chi connectivity index (χ1n) is 8.85. The van der Waals surface area contributed by atoms with Gasteiger partial charge in [0.25, 0.3) is 0 Å². The molecule has 0 bridgehead atoms. The molecule has 32 heteroatoms. The second-order valence-electron chi connectivity index (χ2n) is 6.89. The molecular weight excluding hydrogens is 944 g/mol. The van der Waals surface area contributed by atoms with Crippen LogP contribution in [0.5, 0.6) is 0 Å². The summed E-state index contributed by atoms with van der Waals surface area (Å²) in [4.78, 5) is 56.7. The van der Waals surface area contributed by atoms with Crippen LogP contribution in [0.25, 0.3) is 0 Å². The minimum atomic E-state index is -6.66. The maximum Gasteiger partial charge on any atom is 3.00 e. The molecule has 0 rings (SSSR count). The molecule has 0 aliphatic carbocycles. The molecule has 0 saturated carbocycles. The number of hydrogen-bond acceptors (Lipinski definition) is 12. The van der Waals surface area contributed by atoms with E-state index in [0.29, 0.717) is 0 Å². The van der Waals surface area contributed by atoms with Crippen molar-refractivity contribution < 1.29 is 138 Å². The van der Waals surface area contributed by atoms with Gasteiger partial charge in [0, 0.05) is 0 Å². The number of carbonyl (C=O) groups is 6. The van der Waals surface area contributed by atoms with Gasteiger partial charge in [0.05, 0.1) is 0 Å². The molecule has 0 amide bonds. The zero-order valence-electron chi connectivity index (χ0n) is 20.4. The monoisotopic (exact) mass is 944 g/mol. The molecule has 0 unspecified atom stereocenters. The molecule has 0 radical (unpaired) electrons. The smallest absolute Gasteiger partial charge is 0.544 e. The van der Waals surface area contributed by atoms with Crippen LogP contribution in [-0.2, 0) is 28.8 Å². The van der Waals surface area contributed by atoms with E-state index in [4.69, 9.17) is 0 Å². The minimum absolute atomic E-state index is 0. The van der Waals surface area contributed by atoms with Gasteiger partial charge in [-0.25, -0.2) is 0 Å². The fourth-order valence-electron chi connectivity index (χ4n) is 1.36. The number of hydrogen-bond donors (Lipinski definition) is 0. The van der Waals surface area contributed by atoms with Crippen LogP contribution in [0.15, 0.2) is 0 Å². The Morgan fingerprint density at radius 1 is 0.255 bits per heavy atom. The van der Waals surface area contributed by atoms with E-state index in [1.807, 2.05) is 0 Å². The van der Waals surface area contributed by atoms with Gasteiger partial charge >= 0.3 is 105 Å². The van der Waals surface area contributed by atoms with Crippen molar-refractivity contribution in [2.24, 2.45) is 0 Å². The zero-order valence-corrected chi connectivity index (χ0v) is 26.9. The molecule has 0 saturated heterocycles. The Morgan fingerprint density at radius 3 is 0.362 bits per heavy atom. The summed E-state index contributed by atoms with van der Waals surface area (Å²) < 4.78 is 217. The molecule has 0 heterocycles. The first kappa shape index (κ1) is 53.8. The number of carbonyl (C=O) groups excluding carboxylic acids is 6. The maximum atomic E-state index is 12.1. The van der Waals surface area contributed by atoms with Crippen molar-refractivity contribution in [2.75, 3.05) is 0 Å². The van der Waals surface area contributed by atoms with Crippen LogP contribution in [0.2, 0.25) is 0 Å². The molecular formula is C15F18In2O12. The van der Waals surface area contributed by atoms with Crippen LogP contribution in [0.3, 0.4) is 0 Å². The third-order valence-electron chi connectivity index (χ3n) is 3.90. The minimum Gasteiger partial charge on any atom is -0.544 e. The predicted molar refractivity (Wildman–Crippen MR) is 86.1 cm³/mol. The summed E-state index contributed by atoms with van der Waals surface area (Å²) in [5, 5.41) is 56.7. The van der Waals surface area contributed by atoms with Crippen LogP contribution in [-0.4, -0.2) is 141 Å². The molecule has 0 fully saturated rings. The molecule has 0 aliphatic heterocycles. The largest absolute Gasteiger partial charge is 3.00 e. The average Bonchev–Trinajstić information content (AvgIpc) is 2.83. The molecule has 47 heavy (non-hydrogen) atoms. The molecule has 0 aromatic heterocycles. The number of carboxylic acid groups (broad SMARTS) is 6. The SMILES string of the molecule is O=C([O-])C(F)(F)C(F)(F)C(F)(F)C(=O)[O-].O=C([O-])C(F)(F)C(F)(F)C(F)(F)C(=O)[O-].O=C([O-])C(F)(F)C(F)(F)C(F)(F)C(=O)[O-].[In+3].[In+3]. The Kier molecular flexibility index (Phi) is 18.5. The van der Waals surface area contributed by atoms with Gasteiger partial charge in [-0.15, -0.1) is 0 Å². The molecule has 0 N–H and O–H groups in total. The van der Waals surface area contributed by atoms with E-state index >= 15 is 0 Å². The second-order valence-corrected chi connectivity index (χ2v) is 6.89. The van der Waals surface area contributed by atoms with Crippen LogP contribution in [0, 0.1) is 0 Å². The van der Waals surface area contributed by atoms with Gasteiger partial charge in [-0.2, -0.15) is 79.0 Å². The van der Waals surface area contributed by atoms with Gasteiger partial charge in [0.1, 0.15) is 35.8 Å². The molecule has 264 valence electrons. The van der Waals surface area contributed by atoms with Crippen molar-refractivity contribution in [3.63, 3.8) is 0 Å². The van der Waals surface area contributed by atoms with Gasteiger partial charge in [0.2, 0.25) is 0 Å². The summed E-state index contributed by atoms with van der Waals surface area (Å²) in [6.45, 7) is 0. The predicted octanol–water partition coefficient (Wildman–Crippen LogP) is -5.59. The van der Waals surface area contributed by atoms with Crippen LogP contribution >= 0.6 is 0 Å². The van der Waals surface area contributed by atoms with Gasteiger partial charge in [-0.05, 0) is 0 Å². The third-order valence-corrected chi connectivity index (χ3v) is 3.90. The summed E-state index contributed by atoms with van der Waals surface area (Å²) in [5.74, 6) is -80.9. The van der Waals surface area contributed by atoms with Gasteiger partial charge in [-0.3, -0.25) is 0 Å². The summed E-state index contributed by atoms with van der Waals surface area (Å²) in [5.41, 5.74) is 0. The van der Waals surface area contributed by atoms with Gasteiger partial charge in [-0.1, -0.05) is 0 Å². The van der Waals surface area contributed by atoms with Crippen molar-refractivity contribution >= 4 is 87.5 Å². The first-order valence-corrected chi connectivity index (χ1v) is 8.85. The number of alkyl halides is 18. The second kappa shape index (κ2) is 16.1. The van der Waals surface area contributed by atoms with E-state index in [1.165, 1.54) is 0 Å². The van der Waals surface area contributed by atoms with Crippen molar-refractivity contribution in [3.8, 4) is 0 Å². The van der Waals surface area contributed by atoms with E-state index < -0.39 is 89.1 Å². The van der Waals surface area contributed by atoms with Crippen molar-refractivity contribution in [1.82, 2.24) is 0 Å². The molecule has 12 nitrogen and oxygen atoms in total. The van der Waals surface area contributed by atoms with E-state index in [0.717, 1.165) is 0 Å². The van der Waals surface area contributed by atoms with E-state index in [2.05, 4.69) is 0 Å². The Bertz CT molecular complexity index is 964. The first-order chi connectivity index (χ1) is 19.2. The number of halogens is 18. The summed E-state index contributed by atoms with van der Waals surface area (Å²) >= 11 is 0. The number of rotatable bonds is 12. The van der Waals surface area contributed by atoms with Crippen LogP contribution < -0.4 is 30.6 Å². The Balaban J connectivity index is -0.000000184. The van der Waals surface area contributed by atoms with Crippen LogP contribution in [0.1, 0.15) is 0 Å². The normalized spacial score (nSPS) is 13.1. The van der Waals surface area contributed by atoms with E-state index in [9.17, 15) is 138 Å². The number of carboxylic acids is 6. The summed E-state index contributed by atoms with van der Waals surface area (Å²) in [6.07, 6.45) is 0. The molecule has 0 aliphatic rings. The quantitative estimate of drug-likeness (QED) is 0.167. The third kappa shape index (κ3) is 9.69. The standard InChI is InChI=1S/3C5H2F6O4.2In/c3*6-3(7,1(12)13)5(10,11)4(8,9)2(14)15;;/h3*(H,12,13)(H,14,15);;/q;;;2*+3/p-6. The molecule has 0 spiro atoms. The van der Waals surface area contributed by atoms with Gasteiger partial charge < -0.3 is 59.4 Å². The fraction of sp³-hybridized carbons (Fsp3) is 0.600. The van der Waals surface area contributed by atoms with E-state index in [1.54, 1.807) is 0 Å². The van der Waals surface area contributed by atoms with E-state index in [-0.39, 0.29) is 51.7 Å². The average molecular weight is 944 g/mol. The van der Waals surface area contributed by atoms with Crippen molar-refractivity contribution in [3.05, 3.63) is 0 Å². The maximum absolute atomic E-state index is 12.1. The zero-order chi connectivity index (χ0) is 38.0. The molecule has 0 aromatic rings. The van der Waals surface area contributed by atoms with Crippen LogP contribution in [0.4, 0.5) is 79.0 Å². The molecule has 0 atom stereocenters. The summed E-state index contributed by atoms with van der Waals surface area (Å²) in [6, 6.07) is 0. The Labute approximate surface area is 278 Å². The number of aliphatic carboxylic acids is 6. The van der Waals surface area contributed by atoms with Crippen molar-refractivity contribution in [2.45, 2.75) is 53.3 Å². The van der Waals surface area contributed by atoms with Gasteiger partial charge in [0.15, 0.2) is 0 Å². The topological polar surface area (TPSA) is 241 Å². The molecule has 0 aromatic carbocycles. The van der Waals surface area contributed by atoms with Crippen molar-refractivity contribution in [1.29, 1.82) is 0 Å². The fourth-order valence-corrected chi connectivity index (χ4v) is 1.36. The summed E-state index contributed by atoms with van der Waals surface area (Å²) in [7, 11) is 0. The Morgan fingerprint density at radius 2 is 0.319 bits per heavy atom.